The second kappa shape index (κ2) is 5.25. The van der Waals surface area contributed by atoms with Crippen molar-refractivity contribution in [1.82, 2.24) is 15.5 Å². The van der Waals surface area contributed by atoms with Gasteiger partial charge in [-0.1, -0.05) is 12.1 Å². The summed E-state index contributed by atoms with van der Waals surface area (Å²) >= 11 is 0. The van der Waals surface area contributed by atoms with Gasteiger partial charge in [0.2, 0.25) is 11.7 Å². The minimum absolute atomic E-state index is 0.0109. The summed E-state index contributed by atoms with van der Waals surface area (Å²) in [7, 11) is 1.65. The summed E-state index contributed by atoms with van der Waals surface area (Å²) in [4.78, 5) is 4.59. The fraction of sp³-hybridized carbons (Fsp3) is 0.467. The lowest BCUT2D eigenvalue weighted by Crippen LogP contribution is -2.37. The minimum Gasteiger partial charge on any atom is -0.497 e. The van der Waals surface area contributed by atoms with E-state index in [0.717, 1.165) is 43.1 Å². The molecule has 1 aromatic heterocycles. The van der Waals surface area contributed by atoms with E-state index in [4.69, 9.17) is 9.26 Å². The molecule has 0 atom stereocenters. The molecule has 1 saturated heterocycles. The normalized spacial score (nSPS) is 17.9. The average molecular weight is 273 g/mol. The van der Waals surface area contributed by atoms with E-state index in [2.05, 4.69) is 22.4 Å². The molecule has 0 amide bonds. The Bertz CT molecular complexity index is 571. The first-order valence-electron chi connectivity index (χ1n) is 6.91. The van der Waals surface area contributed by atoms with Crippen molar-refractivity contribution in [1.29, 1.82) is 0 Å². The van der Waals surface area contributed by atoms with Crippen LogP contribution in [0, 0.1) is 0 Å². The van der Waals surface area contributed by atoms with Crippen molar-refractivity contribution in [2.45, 2.75) is 25.2 Å². The highest BCUT2D eigenvalue weighted by atomic mass is 16.5. The molecular weight excluding hydrogens is 254 g/mol. The first-order valence-corrected chi connectivity index (χ1v) is 6.91. The highest BCUT2D eigenvalue weighted by Crippen LogP contribution is 2.32. The highest BCUT2D eigenvalue weighted by Gasteiger charge is 2.34. The van der Waals surface area contributed by atoms with Gasteiger partial charge < -0.3 is 14.6 Å². The fourth-order valence-electron chi connectivity index (χ4n) is 2.52. The molecule has 106 valence electrons. The van der Waals surface area contributed by atoms with Crippen LogP contribution in [0.1, 0.15) is 25.7 Å². The van der Waals surface area contributed by atoms with Crippen molar-refractivity contribution in [2.24, 2.45) is 0 Å². The van der Waals surface area contributed by atoms with Crippen LogP contribution < -0.4 is 10.1 Å². The molecule has 1 aliphatic heterocycles. The van der Waals surface area contributed by atoms with Gasteiger partial charge in [0, 0.05) is 11.0 Å². The number of benzene rings is 1. The van der Waals surface area contributed by atoms with Crippen molar-refractivity contribution >= 4 is 0 Å². The van der Waals surface area contributed by atoms with E-state index >= 15 is 0 Å². The number of ether oxygens (including phenoxy) is 1. The van der Waals surface area contributed by atoms with E-state index in [9.17, 15) is 0 Å². The van der Waals surface area contributed by atoms with Crippen LogP contribution in [0.2, 0.25) is 0 Å². The summed E-state index contributed by atoms with van der Waals surface area (Å²) in [5.74, 6) is 2.20. The number of methoxy groups -OCH3 is 1. The molecule has 0 saturated carbocycles. The number of piperidine rings is 1. The molecule has 0 spiro atoms. The van der Waals surface area contributed by atoms with Crippen molar-refractivity contribution in [3.8, 4) is 17.1 Å². The van der Waals surface area contributed by atoms with Crippen molar-refractivity contribution in [2.75, 3.05) is 20.2 Å². The monoisotopic (exact) mass is 273 g/mol. The second-order valence-corrected chi connectivity index (χ2v) is 5.46. The highest BCUT2D eigenvalue weighted by molar-refractivity contribution is 5.55. The first kappa shape index (κ1) is 13.1. The number of rotatable bonds is 3. The molecule has 1 N–H and O–H groups in total. The molecule has 0 unspecified atom stereocenters. The lowest BCUT2D eigenvalue weighted by atomic mass is 9.81. The number of aromatic nitrogens is 2. The number of nitrogens with zero attached hydrogens (tertiary/aromatic N) is 2. The van der Waals surface area contributed by atoms with Gasteiger partial charge in [0.15, 0.2) is 0 Å². The Morgan fingerprint density at radius 1 is 1.20 bits per heavy atom. The Morgan fingerprint density at radius 3 is 2.55 bits per heavy atom. The third-order valence-electron chi connectivity index (χ3n) is 4.00. The van der Waals surface area contributed by atoms with Gasteiger partial charge >= 0.3 is 0 Å². The van der Waals surface area contributed by atoms with Crippen LogP contribution >= 0.6 is 0 Å². The summed E-state index contributed by atoms with van der Waals surface area (Å²) in [6, 6.07) is 7.69. The van der Waals surface area contributed by atoms with E-state index < -0.39 is 0 Å². The van der Waals surface area contributed by atoms with Crippen molar-refractivity contribution in [3.63, 3.8) is 0 Å². The van der Waals surface area contributed by atoms with Gasteiger partial charge in [0.25, 0.3) is 0 Å². The van der Waals surface area contributed by atoms with Gasteiger partial charge in [-0.15, -0.1) is 0 Å². The van der Waals surface area contributed by atoms with Crippen LogP contribution in [-0.2, 0) is 5.41 Å². The average Bonchev–Trinajstić information content (AvgIpc) is 2.99. The maximum atomic E-state index is 5.50. The summed E-state index contributed by atoms with van der Waals surface area (Å²) < 4.78 is 10.6. The zero-order chi connectivity index (χ0) is 14.0. The van der Waals surface area contributed by atoms with Gasteiger partial charge in [-0.2, -0.15) is 4.98 Å². The molecule has 0 bridgehead atoms. The third kappa shape index (κ3) is 2.41. The van der Waals surface area contributed by atoms with Crippen LogP contribution in [0.4, 0.5) is 0 Å². The van der Waals surface area contributed by atoms with Crippen LogP contribution in [0.5, 0.6) is 5.75 Å². The van der Waals surface area contributed by atoms with E-state index in [0.29, 0.717) is 5.82 Å². The molecule has 5 heteroatoms. The SMILES string of the molecule is COc1ccc(-c2noc(C3(C)CCNCC3)n2)cc1. The Morgan fingerprint density at radius 2 is 1.90 bits per heavy atom. The molecular formula is C15H19N3O2. The largest absolute Gasteiger partial charge is 0.497 e. The standard InChI is InChI=1S/C15H19N3O2/c1-15(7-9-16-10-8-15)14-17-13(18-20-14)11-3-5-12(19-2)6-4-11/h3-6,16H,7-10H2,1-2H3. The fourth-order valence-corrected chi connectivity index (χ4v) is 2.52. The lowest BCUT2D eigenvalue weighted by molar-refractivity contribution is 0.241. The first-order chi connectivity index (χ1) is 9.71. The van der Waals surface area contributed by atoms with Crippen molar-refractivity contribution < 1.29 is 9.26 Å². The minimum atomic E-state index is -0.0109. The van der Waals surface area contributed by atoms with E-state index in [1.54, 1.807) is 7.11 Å². The number of nitrogens with one attached hydrogen (secondary N) is 1. The van der Waals surface area contributed by atoms with Gasteiger partial charge in [-0.05, 0) is 50.2 Å². The molecule has 20 heavy (non-hydrogen) atoms. The van der Waals surface area contributed by atoms with Gasteiger partial charge in [0.1, 0.15) is 5.75 Å². The van der Waals surface area contributed by atoms with Crippen molar-refractivity contribution in [3.05, 3.63) is 30.2 Å². The molecule has 2 heterocycles. The third-order valence-corrected chi connectivity index (χ3v) is 4.00. The quantitative estimate of drug-likeness (QED) is 0.930. The Kier molecular flexibility index (Phi) is 3.44. The Labute approximate surface area is 118 Å². The maximum absolute atomic E-state index is 5.50. The molecule has 0 radical (unpaired) electrons. The van der Waals surface area contributed by atoms with Crippen LogP contribution in [0.3, 0.4) is 0 Å². The predicted molar refractivity (Wildman–Crippen MR) is 75.7 cm³/mol. The number of hydrogen-bond donors (Lipinski definition) is 1. The van der Waals surface area contributed by atoms with Crippen LogP contribution in [0.25, 0.3) is 11.4 Å². The second-order valence-electron chi connectivity index (χ2n) is 5.46. The molecule has 0 aliphatic carbocycles. The summed E-state index contributed by atoms with van der Waals surface area (Å²) in [5, 5.41) is 7.47. The summed E-state index contributed by atoms with van der Waals surface area (Å²) in [5.41, 5.74) is 0.932. The zero-order valence-corrected chi connectivity index (χ0v) is 11.8. The molecule has 1 aromatic carbocycles. The van der Waals surface area contributed by atoms with E-state index in [-0.39, 0.29) is 5.41 Å². The lowest BCUT2D eigenvalue weighted by Gasteiger charge is -2.30. The Hall–Kier alpha value is -1.88. The molecule has 3 rings (SSSR count). The van der Waals surface area contributed by atoms with Crippen LogP contribution in [0.15, 0.2) is 28.8 Å². The van der Waals surface area contributed by atoms with Gasteiger partial charge in [-0.3, -0.25) is 0 Å². The summed E-state index contributed by atoms with van der Waals surface area (Å²) in [6.45, 7) is 4.19. The molecule has 1 aliphatic rings. The topological polar surface area (TPSA) is 60.2 Å². The smallest absolute Gasteiger partial charge is 0.232 e. The van der Waals surface area contributed by atoms with Crippen LogP contribution in [-0.4, -0.2) is 30.3 Å². The molecule has 2 aromatic rings. The van der Waals surface area contributed by atoms with Gasteiger partial charge in [0.05, 0.1) is 7.11 Å². The predicted octanol–water partition coefficient (Wildman–Crippen LogP) is 2.39. The molecule has 1 fully saturated rings. The number of hydrogen-bond acceptors (Lipinski definition) is 5. The maximum Gasteiger partial charge on any atom is 0.232 e. The van der Waals surface area contributed by atoms with Gasteiger partial charge in [-0.25, -0.2) is 0 Å². The van der Waals surface area contributed by atoms with E-state index in [1.807, 2.05) is 24.3 Å². The summed E-state index contributed by atoms with van der Waals surface area (Å²) in [6.07, 6.45) is 2.05. The van der Waals surface area contributed by atoms with E-state index in [1.165, 1.54) is 0 Å². The zero-order valence-electron chi connectivity index (χ0n) is 11.8. The molecule has 5 nitrogen and oxygen atoms in total. The Balaban J connectivity index is 1.85.